The van der Waals surface area contributed by atoms with Crippen molar-refractivity contribution >= 4 is 55.8 Å². The van der Waals surface area contributed by atoms with E-state index in [4.69, 9.17) is 16.6 Å². The maximum Gasteiger partial charge on any atom is 0.256 e. The predicted molar refractivity (Wildman–Crippen MR) is 123 cm³/mol. The van der Waals surface area contributed by atoms with Crippen molar-refractivity contribution in [2.24, 2.45) is 5.92 Å². The van der Waals surface area contributed by atoms with Gasteiger partial charge in [-0.15, -0.1) is 0 Å². The summed E-state index contributed by atoms with van der Waals surface area (Å²) in [6.45, 7) is 6.18. The van der Waals surface area contributed by atoms with E-state index in [1.54, 1.807) is 18.2 Å². The van der Waals surface area contributed by atoms with Crippen LogP contribution in [0.25, 0.3) is 10.9 Å². The van der Waals surface area contributed by atoms with Crippen molar-refractivity contribution in [3.63, 3.8) is 0 Å². The molecule has 2 aromatic carbocycles. The smallest absolute Gasteiger partial charge is 0.256 e. The lowest BCUT2D eigenvalue weighted by Gasteiger charge is -2.33. The van der Waals surface area contributed by atoms with Gasteiger partial charge in [0.1, 0.15) is 5.82 Å². The summed E-state index contributed by atoms with van der Waals surface area (Å²) in [6.07, 6.45) is 2.37. The molecule has 6 heteroatoms. The first-order chi connectivity index (χ1) is 13.9. The topological polar surface area (TPSA) is 45.2 Å². The lowest BCUT2D eigenvalue weighted by atomic mass is 9.98. The number of benzene rings is 2. The molecule has 4 rings (SSSR count). The van der Waals surface area contributed by atoms with E-state index in [1.165, 1.54) is 6.42 Å². The molecule has 1 radical (unpaired) electrons. The quantitative estimate of drug-likeness (QED) is 0.491. The minimum Gasteiger partial charge on any atom is -0.356 e. The van der Waals surface area contributed by atoms with E-state index in [0.29, 0.717) is 22.2 Å². The molecular formula is C23H22BrClN3O. The third kappa shape index (κ3) is 4.26. The van der Waals surface area contributed by atoms with Gasteiger partial charge >= 0.3 is 0 Å². The summed E-state index contributed by atoms with van der Waals surface area (Å²) in [5.74, 6) is 1.35. The Bertz CT molecular complexity index is 1070. The zero-order valence-electron chi connectivity index (χ0n) is 16.4. The molecule has 0 bridgehead atoms. The van der Waals surface area contributed by atoms with Crippen LogP contribution in [0, 0.1) is 18.9 Å². The third-order valence-electron chi connectivity index (χ3n) is 5.37. The summed E-state index contributed by atoms with van der Waals surface area (Å²) in [5, 5.41) is 4.38. The second-order valence-corrected chi connectivity index (χ2v) is 9.02. The SMILES string of the molecule is Cc1c(N2CCCC(C)C2)nc2ccc(Br)cc2c1C(=O)Nc1[c]cc(Cl)cc1. The van der Waals surface area contributed by atoms with Crippen molar-refractivity contribution in [1.82, 2.24) is 4.98 Å². The van der Waals surface area contributed by atoms with Crippen LogP contribution in [0.1, 0.15) is 35.7 Å². The molecule has 2 heterocycles. The summed E-state index contributed by atoms with van der Waals surface area (Å²) in [7, 11) is 0. The Balaban J connectivity index is 1.81. The first kappa shape index (κ1) is 20.2. The Morgan fingerprint density at radius 3 is 2.90 bits per heavy atom. The first-order valence-electron chi connectivity index (χ1n) is 9.76. The van der Waals surface area contributed by atoms with Crippen LogP contribution in [-0.2, 0) is 0 Å². The van der Waals surface area contributed by atoms with E-state index < -0.39 is 0 Å². The molecule has 1 atom stereocenters. The van der Waals surface area contributed by atoms with Gasteiger partial charge < -0.3 is 10.2 Å². The van der Waals surface area contributed by atoms with Gasteiger partial charge in [0.05, 0.1) is 11.1 Å². The fourth-order valence-electron chi connectivity index (χ4n) is 3.97. The van der Waals surface area contributed by atoms with Gasteiger partial charge in [-0.05, 0) is 62.1 Å². The number of nitrogens with zero attached hydrogens (tertiary/aromatic N) is 2. The zero-order valence-corrected chi connectivity index (χ0v) is 18.8. The molecule has 1 aliphatic heterocycles. The molecule has 0 aliphatic carbocycles. The molecule has 1 aliphatic rings. The van der Waals surface area contributed by atoms with E-state index in [0.717, 1.165) is 46.3 Å². The summed E-state index contributed by atoms with van der Waals surface area (Å²) in [5.41, 5.74) is 2.95. The number of rotatable bonds is 3. The highest BCUT2D eigenvalue weighted by Gasteiger charge is 2.24. The fraction of sp³-hybridized carbons (Fsp3) is 0.304. The predicted octanol–water partition coefficient (Wildman–Crippen LogP) is 6.25. The Hall–Kier alpha value is -2.11. The molecule has 29 heavy (non-hydrogen) atoms. The van der Waals surface area contributed by atoms with Gasteiger partial charge in [0.25, 0.3) is 5.91 Å². The van der Waals surface area contributed by atoms with Crippen LogP contribution >= 0.6 is 27.5 Å². The lowest BCUT2D eigenvalue weighted by Crippen LogP contribution is -2.35. The summed E-state index contributed by atoms with van der Waals surface area (Å²) >= 11 is 9.47. The maximum absolute atomic E-state index is 13.3. The van der Waals surface area contributed by atoms with E-state index in [9.17, 15) is 4.79 Å². The fourth-order valence-corrected chi connectivity index (χ4v) is 4.45. The van der Waals surface area contributed by atoms with Crippen LogP contribution in [0.3, 0.4) is 0 Å². The number of aromatic nitrogens is 1. The van der Waals surface area contributed by atoms with E-state index >= 15 is 0 Å². The number of piperidine rings is 1. The maximum atomic E-state index is 13.3. The van der Waals surface area contributed by atoms with Crippen LogP contribution in [-0.4, -0.2) is 24.0 Å². The second kappa shape index (κ2) is 8.33. The van der Waals surface area contributed by atoms with Crippen LogP contribution < -0.4 is 10.2 Å². The van der Waals surface area contributed by atoms with Crippen molar-refractivity contribution < 1.29 is 4.79 Å². The largest absolute Gasteiger partial charge is 0.356 e. The number of fused-ring (bicyclic) bond motifs is 1. The number of pyridine rings is 1. The van der Waals surface area contributed by atoms with Gasteiger partial charge in [-0.2, -0.15) is 0 Å². The van der Waals surface area contributed by atoms with Gasteiger partial charge in [0.15, 0.2) is 0 Å². The number of amides is 1. The molecule has 1 aromatic heterocycles. The molecule has 1 N–H and O–H groups in total. The highest BCUT2D eigenvalue weighted by molar-refractivity contribution is 9.10. The Morgan fingerprint density at radius 1 is 1.34 bits per heavy atom. The highest BCUT2D eigenvalue weighted by atomic mass is 79.9. The standard InChI is InChI=1S/C23H22BrClN3O/c1-14-4-3-11-28(13-14)22-15(2)21(19-12-16(24)5-10-20(19)27-22)23(29)26-18-8-6-17(25)7-9-18/h5-8,10,12,14H,3-4,11,13H2,1-2H3,(H,26,29). The van der Waals surface area contributed by atoms with Crippen LogP contribution in [0.4, 0.5) is 11.5 Å². The van der Waals surface area contributed by atoms with Crippen LogP contribution in [0.5, 0.6) is 0 Å². The molecule has 4 nitrogen and oxygen atoms in total. The normalized spacial score (nSPS) is 16.8. The van der Waals surface area contributed by atoms with Gasteiger partial charge in [0.2, 0.25) is 0 Å². The first-order valence-corrected chi connectivity index (χ1v) is 10.9. The molecule has 1 fully saturated rings. The molecule has 1 saturated heterocycles. The number of hydrogen-bond acceptors (Lipinski definition) is 3. The van der Waals surface area contributed by atoms with E-state index in [-0.39, 0.29) is 5.91 Å². The van der Waals surface area contributed by atoms with Crippen molar-refractivity contribution in [2.45, 2.75) is 26.7 Å². The van der Waals surface area contributed by atoms with Crippen molar-refractivity contribution in [3.05, 3.63) is 63.1 Å². The van der Waals surface area contributed by atoms with Crippen LogP contribution in [0.15, 0.2) is 40.9 Å². The second-order valence-electron chi connectivity index (χ2n) is 7.66. The van der Waals surface area contributed by atoms with Crippen molar-refractivity contribution in [3.8, 4) is 0 Å². The minimum atomic E-state index is -0.169. The molecule has 3 aromatic rings. The average Bonchev–Trinajstić information content (AvgIpc) is 2.69. The lowest BCUT2D eigenvalue weighted by molar-refractivity contribution is 0.102. The number of anilines is 2. The Labute approximate surface area is 184 Å². The number of carbonyl (C=O) groups is 1. The molecule has 0 saturated carbocycles. The summed E-state index contributed by atoms with van der Waals surface area (Å²) in [4.78, 5) is 20.6. The number of halogens is 2. The molecule has 0 spiro atoms. The summed E-state index contributed by atoms with van der Waals surface area (Å²) < 4.78 is 0.914. The molecule has 1 amide bonds. The molecule has 149 valence electrons. The number of nitrogens with one attached hydrogen (secondary N) is 1. The van der Waals surface area contributed by atoms with Gasteiger partial charge in [-0.25, -0.2) is 4.98 Å². The average molecular weight is 472 g/mol. The molecule has 1 unspecified atom stereocenters. The molecular weight excluding hydrogens is 450 g/mol. The number of carbonyl (C=O) groups excluding carboxylic acids is 1. The van der Waals surface area contributed by atoms with Gasteiger partial charge in [0, 0.05) is 45.3 Å². The van der Waals surface area contributed by atoms with Crippen LogP contribution in [0.2, 0.25) is 5.02 Å². The van der Waals surface area contributed by atoms with Crippen molar-refractivity contribution in [2.75, 3.05) is 23.3 Å². The van der Waals surface area contributed by atoms with Gasteiger partial charge in [-0.3, -0.25) is 4.79 Å². The van der Waals surface area contributed by atoms with E-state index in [2.05, 4.69) is 39.1 Å². The Morgan fingerprint density at radius 2 is 2.17 bits per heavy atom. The summed E-state index contributed by atoms with van der Waals surface area (Å²) in [6, 6.07) is 14.0. The van der Waals surface area contributed by atoms with Crippen molar-refractivity contribution in [1.29, 1.82) is 0 Å². The monoisotopic (exact) mass is 470 g/mol. The van der Waals surface area contributed by atoms with Gasteiger partial charge in [-0.1, -0.05) is 34.5 Å². The Kier molecular flexibility index (Phi) is 5.79. The highest BCUT2D eigenvalue weighted by Crippen LogP contribution is 2.33. The zero-order chi connectivity index (χ0) is 20.5. The minimum absolute atomic E-state index is 0.169. The third-order valence-corrected chi connectivity index (χ3v) is 6.10. The number of hydrogen-bond donors (Lipinski definition) is 1. The van der Waals surface area contributed by atoms with E-state index in [1.807, 2.05) is 25.1 Å².